The van der Waals surface area contributed by atoms with Crippen molar-refractivity contribution in [3.63, 3.8) is 0 Å². The molecule has 0 aliphatic rings. The third-order valence-corrected chi connectivity index (χ3v) is 3.15. The predicted octanol–water partition coefficient (Wildman–Crippen LogP) is 2.06. The van der Waals surface area contributed by atoms with Gasteiger partial charge in [0, 0.05) is 23.7 Å². The van der Waals surface area contributed by atoms with Crippen LogP contribution in [0.25, 0.3) is 0 Å². The molecule has 104 valence electrons. The largest absolute Gasteiger partial charge is 0.477 e. The smallest absolute Gasteiger partial charge is 0.354 e. The van der Waals surface area contributed by atoms with Gasteiger partial charge in [0.2, 0.25) is 0 Å². The van der Waals surface area contributed by atoms with Crippen molar-refractivity contribution in [2.75, 3.05) is 23.4 Å². The highest BCUT2D eigenvalue weighted by Crippen LogP contribution is 2.16. The van der Waals surface area contributed by atoms with Crippen LogP contribution in [0.2, 0.25) is 0 Å². The van der Waals surface area contributed by atoms with Gasteiger partial charge >= 0.3 is 12.0 Å². The van der Waals surface area contributed by atoms with Gasteiger partial charge in [-0.15, -0.1) is 6.58 Å². The highest BCUT2D eigenvalue weighted by atomic mass is 32.2. The number of carboxylic acid groups (broad SMARTS) is 1. The normalized spacial score (nSPS) is 9.95. The van der Waals surface area contributed by atoms with E-state index >= 15 is 0 Å². The molecule has 0 fully saturated rings. The second kappa shape index (κ2) is 7.52. The zero-order valence-corrected chi connectivity index (χ0v) is 11.5. The Morgan fingerprint density at radius 1 is 1.58 bits per heavy atom. The number of carbonyl (C=O) groups excluding carboxylic acids is 1. The van der Waals surface area contributed by atoms with Gasteiger partial charge in [0.1, 0.15) is 5.69 Å². The second-order valence-corrected chi connectivity index (χ2v) is 4.94. The molecule has 1 rings (SSSR count). The first-order valence-electron chi connectivity index (χ1n) is 5.71. The van der Waals surface area contributed by atoms with Gasteiger partial charge in [-0.25, -0.2) is 9.59 Å². The second-order valence-electron chi connectivity index (χ2n) is 3.79. The molecule has 0 radical (unpaired) electrons. The Balaban J connectivity index is 2.44. The van der Waals surface area contributed by atoms with Crippen molar-refractivity contribution in [1.29, 1.82) is 0 Å². The number of aromatic carboxylic acids is 1. The summed E-state index contributed by atoms with van der Waals surface area (Å²) in [6.45, 7) is 5.83. The number of hydrogen-bond donors (Lipinski definition) is 4. The van der Waals surface area contributed by atoms with E-state index in [1.54, 1.807) is 30.8 Å². The molecule has 6 nitrogen and oxygen atoms in total. The molecule has 2 amide bonds. The zero-order valence-electron chi connectivity index (χ0n) is 10.7. The number of carboxylic acids is 1. The Morgan fingerprint density at radius 3 is 2.95 bits per heavy atom. The first-order valence-corrected chi connectivity index (χ1v) is 6.86. The molecule has 0 atom stereocenters. The van der Waals surface area contributed by atoms with E-state index in [4.69, 9.17) is 5.11 Å². The summed E-state index contributed by atoms with van der Waals surface area (Å²) in [5.41, 5.74) is 0.921. The highest BCUT2D eigenvalue weighted by Gasteiger charge is 2.14. The maximum Gasteiger partial charge on any atom is 0.354 e. The number of nitrogens with one attached hydrogen (secondary N) is 3. The average molecular weight is 283 g/mol. The zero-order chi connectivity index (χ0) is 14.3. The Kier molecular flexibility index (Phi) is 6.01. The lowest BCUT2D eigenvalue weighted by atomic mass is 10.3. The van der Waals surface area contributed by atoms with Gasteiger partial charge in [0.15, 0.2) is 0 Å². The monoisotopic (exact) mass is 283 g/mol. The molecule has 0 spiro atoms. The van der Waals surface area contributed by atoms with Crippen LogP contribution < -0.4 is 10.6 Å². The Labute approximate surface area is 115 Å². The minimum atomic E-state index is -1.11. The summed E-state index contributed by atoms with van der Waals surface area (Å²) in [6.07, 6.45) is 1.80. The average Bonchev–Trinajstić information content (AvgIpc) is 2.70. The van der Waals surface area contributed by atoms with Crippen LogP contribution in [-0.4, -0.2) is 40.1 Å². The van der Waals surface area contributed by atoms with Crippen LogP contribution in [0, 0.1) is 6.92 Å². The molecule has 0 saturated carbocycles. The maximum absolute atomic E-state index is 11.6. The molecule has 4 N–H and O–H groups in total. The molecule has 1 heterocycles. The summed E-state index contributed by atoms with van der Waals surface area (Å²) < 4.78 is 0. The number of aryl methyl sites for hydroxylation is 1. The lowest BCUT2D eigenvalue weighted by Crippen LogP contribution is -2.31. The summed E-state index contributed by atoms with van der Waals surface area (Å²) in [5, 5.41) is 14.1. The van der Waals surface area contributed by atoms with Gasteiger partial charge in [-0.3, -0.25) is 0 Å². The number of aromatic nitrogens is 1. The quantitative estimate of drug-likeness (QED) is 0.455. The molecule has 0 aliphatic heterocycles. The lowest BCUT2D eigenvalue weighted by molar-refractivity contribution is 0.0692. The van der Waals surface area contributed by atoms with Crippen molar-refractivity contribution in [3.05, 3.63) is 30.1 Å². The predicted molar refractivity (Wildman–Crippen MR) is 77.0 cm³/mol. The molecule has 0 unspecified atom stereocenters. The van der Waals surface area contributed by atoms with Gasteiger partial charge in [-0.1, -0.05) is 6.08 Å². The topological polar surface area (TPSA) is 94.2 Å². The summed E-state index contributed by atoms with van der Waals surface area (Å²) in [4.78, 5) is 25.2. The van der Waals surface area contributed by atoms with E-state index < -0.39 is 12.0 Å². The first-order chi connectivity index (χ1) is 9.04. The fourth-order valence-electron chi connectivity index (χ4n) is 1.43. The van der Waals surface area contributed by atoms with Gasteiger partial charge in [0.05, 0.1) is 5.69 Å². The molecular formula is C12H17N3O3S. The van der Waals surface area contributed by atoms with Crippen molar-refractivity contribution < 1.29 is 14.7 Å². The fourth-order valence-corrected chi connectivity index (χ4v) is 2.01. The van der Waals surface area contributed by atoms with E-state index in [1.165, 1.54) is 0 Å². The van der Waals surface area contributed by atoms with Crippen molar-refractivity contribution in [2.45, 2.75) is 6.92 Å². The fraction of sp³-hybridized carbons (Fsp3) is 0.333. The van der Waals surface area contributed by atoms with E-state index in [9.17, 15) is 9.59 Å². The molecule has 0 aliphatic carbocycles. The Morgan fingerprint density at radius 2 is 2.32 bits per heavy atom. The molecule has 1 aromatic rings. The molecule has 0 bridgehead atoms. The Hall–Kier alpha value is -1.89. The summed E-state index contributed by atoms with van der Waals surface area (Å²) in [5.74, 6) is 0.505. The third-order valence-electron chi connectivity index (χ3n) is 2.18. The van der Waals surface area contributed by atoms with Crippen molar-refractivity contribution in [3.8, 4) is 0 Å². The third kappa shape index (κ3) is 5.09. The van der Waals surface area contributed by atoms with E-state index in [2.05, 4.69) is 22.2 Å². The maximum atomic E-state index is 11.6. The van der Waals surface area contributed by atoms with Gasteiger partial charge in [-0.2, -0.15) is 11.8 Å². The van der Waals surface area contributed by atoms with Crippen LogP contribution in [0.3, 0.4) is 0 Å². The number of thioether (sulfide) groups is 1. The van der Waals surface area contributed by atoms with Crippen LogP contribution >= 0.6 is 11.8 Å². The van der Waals surface area contributed by atoms with Crippen LogP contribution in [0.4, 0.5) is 10.5 Å². The highest BCUT2D eigenvalue weighted by molar-refractivity contribution is 7.99. The van der Waals surface area contributed by atoms with Crippen LogP contribution in [0.5, 0.6) is 0 Å². The number of rotatable bonds is 7. The number of H-pyrrole nitrogens is 1. The molecule has 0 saturated heterocycles. The first kappa shape index (κ1) is 15.2. The summed E-state index contributed by atoms with van der Waals surface area (Å²) >= 11 is 1.65. The summed E-state index contributed by atoms with van der Waals surface area (Å²) in [6, 6.07) is 1.16. The van der Waals surface area contributed by atoms with E-state index in [0.29, 0.717) is 12.2 Å². The molecule has 0 aromatic carbocycles. The minimum absolute atomic E-state index is 0.0197. The summed E-state index contributed by atoms with van der Waals surface area (Å²) in [7, 11) is 0. The number of anilines is 1. The van der Waals surface area contributed by atoms with Gasteiger partial charge in [-0.05, 0) is 13.0 Å². The standard InChI is InChI=1S/C12H17N3O3S/c1-3-5-19-6-4-13-12(18)15-9-7-8(2)14-10(9)11(16)17/h3,7,14H,1,4-6H2,2H3,(H,16,17)(H2,13,15,18). The lowest BCUT2D eigenvalue weighted by Gasteiger charge is -2.06. The van der Waals surface area contributed by atoms with Crippen LogP contribution in [0.15, 0.2) is 18.7 Å². The molecular weight excluding hydrogens is 266 g/mol. The molecule has 19 heavy (non-hydrogen) atoms. The number of amides is 2. The molecule has 1 aromatic heterocycles. The van der Waals surface area contributed by atoms with E-state index in [0.717, 1.165) is 11.5 Å². The SMILES string of the molecule is C=CCSCCNC(=O)Nc1cc(C)[nH]c1C(=O)O. The minimum Gasteiger partial charge on any atom is -0.477 e. The van der Waals surface area contributed by atoms with Gasteiger partial charge < -0.3 is 20.7 Å². The number of hydrogen-bond acceptors (Lipinski definition) is 3. The van der Waals surface area contributed by atoms with Crippen molar-refractivity contribution in [1.82, 2.24) is 10.3 Å². The van der Waals surface area contributed by atoms with Crippen molar-refractivity contribution >= 4 is 29.4 Å². The van der Waals surface area contributed by atoms with Crippen LogP contribution in [-0.2, 0) is 0 Å². The van der Waals surface area contributed by atoms with Crippen LogP contribution in [0.1, 0.15) is 16.2 Å². The number of carbonyl (C=O) groups is 2. The number of urea groups is 1. The number of aromatic amines is 1. The van der Waals surface area contributed by atoms with E-state index in [-0.39, 0.29) is 11.4 Å². The Bertz CT molecular complexity index is 471. The molecule has 7 heteroatoms. The van der Waals surface area contributed by atoms with Crippen molar-refractivity contribution in [2.24, 2.45) is 0 Å². The van der Waals surface area contributed by atoms with E-state index in [1.807, 2.05) is 0 Å². The van der Waals surface area contributed by atoms with Gasteiger partial charge in [0.25, 0.3) is 0 Å².